The highest BCUT2D eigenvalue weighted by Gasteiger charge is 2.21. The Morgan fingerprint density at radius 3 is 2.19 bits per heavy atom. The van der Waals surface area contributed by atoms with Crippen LogP contribution in [0, 0.1) is 20.8 Å². The monoisotopic (exact) mass is 351 g/mol. The van der Waals surface area contributed by atoms with E-state index in [9.17, 15) is 9.59 Å². The Kier molecular flexibility index (Phi) is 5.26. The summed E-state index contributed by atoms with van der Waals surface area (Å²) in [6.07, 6.45) is 2.55. The van der Waals surface area contributed by atoms with Gasteiger partial charge in [0.2, 0.25) is 5.91 Å². The van der Waals surface area contributed by atoms with Gasteiger partial charge in [-0.3, -0.25) is 4.79 Å². The molecular weight excluding hydrogens is 326 g/mol. The van der Waals surface area contributed by atoms with E-state index in [0.717, 1.165) is 41.9 Å². The normalized spacial score (nSPS) is 14.3. The average molecular weight is 351 g/mol. The zero-order chi connectivity index (χ0) is 18.7. The molecule has 0 unspecified atom stereocenters. The fraction of sp³-hybridized carbons (Fsp3) is 0.333. The van der Waals surface area contributed by atoms with E-state index in [2.05, 4.69) is 10.6 Å². The number of carbonyl (C=O) groups is 2. The second-order valence-electron chi connectivity index (χ2n) is 6.88. The van der Waals surface area contributed by atoms with E-state index in [1.54, 1.807) is 0 Å². The van der Waals surface area contributed by atoms with Crippen LogP contribution in [-0.2, 0) is 4.79 Å². The van der Waals surface area contributed by atoms with Crippen molar-refractivity contribution in [2.24, 2.45) is 0 Å². The molecule has 1 saturated heterocycles. The van der Waals surface area contributed by atoms with E-state index in [-0.39, 0.29) is 11.9 Å². The number of urea groups is 1. The van der Waals surface area contributed by atoms with Crippen molar-refractivity contribution in [2.45, 2.75) is 40.0 Å². The molecule has 0 bridgehead atoms. The van der Waals surface area contributed by atoms with Gasteiger partial charge < -0.3 is 15.5 Å². The van der Waals surface area contributed by atoms with Gasteiger partial charge >= 0.3 is 6.03 Å². The minimum Gasteiger partial charge on any atom is -0.312 e. The van der Waals surface area contributed by atoms with Gasteiger partial charge in [0.1, 0.15) is 0 Å². The predicted octanol–water partition coefficient (Wildman–Crippen LogP) is 4.77. The number of nitrogens with zero attached hydrogens (tertiary/aromatic N) is 1. The maximum Gasteiger partial charge on any atom is 0.323 e. The number of carbonyl (C=O) groups excluding carboxylic acids is 2. The van der Waals surface area contributed by atoms with Crippen molar-refractivity contribution in [1.29, 1.82) is 0 Å². The van der Waals surface area contributed by atoms with Gasteiger partial charge in [0.15, 0.2) is 0 Å². The molecule has 0 spiro atoms. The highest BCUT2D eigenvalue weighted by molar-refractivity contribution is 6.01. The first-order valence-corrected chi connectivity index (χ1v) is 9.00. The summed E-state index contributed by atoms with van der Waals surface area (Å²) >= 11 is 0. The Morgan fingerprint density at radius 1 is 0.885 bits per heavy atom. The highest BCUT2D eigenvalue weighted by Crippen LogP contribution is 2.28. The number of hydrogen-bond acceptors (Lipinski definition) is 2. The van der Waals surface area contributed by atoms with Gasteiger partial charge in [-0.25, -0.2) is 4.79 Å². The number of hydrogen-bond donors (Lipinski definition) is 2. The minimum absolute atomic E-state index is 0.149. The molecular formula is C21H25N3O2. The van der Waals surface area contributed by atoms with E-state index in [1.807, 2.05) is 62.1 Å². The van der Waals surface area contributed by atoms with Crippen molar-refractivity contribution >= 4 is 29.0 Å². The number of benzene rings is 2. The minimum atomic E-state index is -0.298. The van der Waals surface area contributed by atoms with Crippen LogP contribution in [0.5, 0.6) is 0 Å². The van der Waals surface area contributed by atoms with Crippen LogP contribution < -0.4 is 15.5 Å². The van der Waals surface area contributed by atoms with Crippen LogP contribution in [0.25, 0.3) is 0 Å². The lowest BCUT2D eigenvalue weighted by molar-refractivity contribution is -0.119. The summed E-state index contributed by atoms with van der Waals surface area (Å²) in [5.74, 6) is 0.149. The molecule has 0 aliphatic carbocycles. The molecule has 0 saturated carbocycles. The number of amides is 3. The molecule has 1 heterocycles. The molecule has 0 radical (unpaired) electrons. The van der Waals surface area contributed by atoms with Crippen molar-refractivity contribution in [3.8, 4) is 0 Å². The van der Waals surface area contributed by atoms with Gasteiger partial charge in [-0.05, 0) is 74.6 Å². The Balaban J connectivity index is 1.73. The molecule has 0 aromatic heterocycles. The third-order valence-electron chi connectivity index (χ3n) is 4.85. The number of rotatable bonds is 3. The van der Waals surface area contributed by atoms with E-state index in [1.165, 1.54) is 5.56 Å². The molecule has 1 fully saturated rings. The number of nitrogens with one attached hydrogen (secondary N) is 2. The first-order valence-electron chi connectivity index (χ1n) is 9.00. The second-order valence-corrected chi connectivity index (χ2v) is 6.88. The zero-order valence-electron chi connectivity index (χ0n) is 15.6. The summed E-state index contributed by atoms with van der Waals surface area (Å²) in [6.45, 7) is 6.77. The number of anilines is 3. The predicted molar refractivity (Wildman–Crippen MR) is 106 cm³/mol. The third kappa shape index (κ3) is 4.04. The van der Waals surface area contributed by atoms with Crippen LogP contribution in [0.1, 0.15) is 36.0 Å². The van der Waals surface area contributed by atoms with Crippen LogP contribution in [0.3, 0.4) is 0 Å². The standard InChI is InChI=1S/C21H25N3O2/c1-14-7-9-17(12-16(14)3)22-21(26)23-18-10-8-15(2)19(13-18)24-11-5-4-6-20(24)25/h7-10,12-13H,4-6,11H2,1-3H3,(H2,22,23,26). The van der Waals surface area contributed by atoms with E-state index in [0.29, 0.717) is 12.1 Å². The first-order chi connectivity index (χ1) is 12.4. The Bertz CT molecular complexity index is 845. The lowest BCUT2D eigenvalue weighted by Gasteiger charge is -2.28. The SMILES string of the molecule is Cc1ccc(NC(=O)Nc2ccc(C)c(N3CCCCC3=O)c2)cc1C. The largest absolute Gasteiger partial charge is 0.323 e. The molecule has 3 amide bonds. The zero-order valence-corrected chi connectivity index (χ0v) is 15.6. The van der Waals surface area contributed by atoms with Gasteiger partial charge in [0, 0.05) is 30.0 Å². The molecule has 2 N–H and O–H groups in total. The van der Waals surface area contributed by atoms with Crippen molar-refractivity contribution in [3.63, 3.8) is 0 Å². The summed E-state index contributed by atoms with van der Waals surface area (Å²) in [5, 5.41) is 5.71. The van der Waals surface area contributed by atoms with Crippen LogP contribution >= 0.6 is 0 Å². The molecule has 0 atom stereocenters. The average Bonchev–Trinajstić information content (AvgIpc) is 2.60. The highest BCUT2D eigenvalue weighted by atomic mass is 16.2. The molecule has 5 nitrogen and oxygen atoms in total. The molecule has 1 aliphatic heterocycles. The van der Waals surface area contributed by atoms with Crippen LogP contribution in [0.4, 0.5) is 21.9 Å². The quantitative estimate of drug-likeness (QED) is 0.836. The topological polar surface area (TPSA) is 61.4 Å². The molecule has 5 heteroatoms. The van der Waals surface area contributed by atoms with Crippen LogP contribution in [0.2, 0.25) is 0 Å². The number of piperidine rings is 1. The fourth-order valence-corrected chi connectivity index (χ4v) is 3.15. The van der Waals surface area contributed by atoms with Crippen molar-refractivity contribution < 1.29 is 9.59 Å². The molecule has 2 aromatic rings. The summed E-state index contributed by atoms with van der Waals surface area (Å²) in [5.41, 5.74) is 5.64. The Labute approximate surface area is 154 Å². The fourth-order valence-electron chi connectivity index (χ4n) is 3.15. The maximum atomic E-state index is 12.3. The van der Waals surface area contributed by atoms with Gasteiger partial charge in [0.05, 0.1) is 0 Å². The number of aryl methyl sites for hydroxylation is 3. The molecule has 2 aromatic carbocycles. The van der Waals surface area contributed by atoms with Crippen LogP contribution in [0.15, 0.2) is 36.4 Å². The summed E-state index contributed by atoms with van der Waals surface area (Å²) < 4.78 is 0. The Hall–Kier alpha value is -2.82. The smallest absolute Gasteiger partial charge is 0.312 e. The first kappa shape index (κ1) is 18.0. The van der Waals surface area contributed by atoms with Gasteiger partial charge in [-0.2, -0.15) is 0 Å². The van der Waals surface area contributed by atoms with E-state index >= 15 is 0 Å². The molecule has 1 aliphatic rings. The molecule has 3 rings (SSSR count). The van der Waals surface area contributed by atoms with E-state index in [4.69, 9.17) is 0 Å². The van der Waals surface area contributed by atoms with Crippen molar-refractivity contribution in [3.05, 3.63) is 53.1 Å². The lowest BCUT2D eigenvalue weighted by Crippen LogP contribution is -2.35. The summed E-state index contributed by atoms with van der Waals surface area (Å²) in [7, 11) is 0. The van der Waals surface area contributed by atoms with Gasteiger partial charge in [0.25, 0.3) is 0 Å². The summed E-state index contributed by atoms with van der Waals surface area (Å²) in [6, 6.07) is 11.2. The van der Waals surface area contributed by atoms with Crippen LogP contribution in [-0.4, -0.2) is 18.5 Å². The second kappa shape index (κ2) is 7.60. The summed E-state index contributed by atoms with van der Waals surface area (Å²) in [4.78, 5) is 26.3. The Morgan fingerprint density at radius 2 is 1.54 bits per heavy atom. The van der Waals surface area contributed by atoms with Gasteiger partial charge in [-0.15, -0.1) is 0 Å². The molecule has 136 valence electrons. The van der Waals surface area contributed by atoms with Crippen molar-refractivity contribution in [1.82, 2.24) is 0 Å². The molecule has 26 heavy (non-hydrogen) atoms. The maximum absolute atomic E-state index is 12.3. The lowest BCUT2D eigenvalue weighted by atomic mass is 10.1. The van der Waals surface area contributed by atoms with Crippen molar-refractivity contribution in [2.75, 3.05) is 22.1 Å². The van der Waals surface area contributed by atoms with Gasteiger partial charge in [-0.1, -0.05) is 12.1 Å². The third-order valence-corrected chi connectivity index (χ3v) is 4.85. The van der Waals surface area contributed by atoms with E-state index < -0.39 is 0 Å².